The Labute approximate surface area is 217 Å². The number of Topliss-reactive ketones (excluding diaryl/α,β-unsaturated/α-hetero) is 1. The molecule has 4 fully saturated rings. The second kappa shape index (κ2) is 8.80. The third-order valence-electron chi connectivity index (χ3n) is 11.3. The average molecular weight is 516 g/mol. The Bertz CT molecular complexity index is 1210. The van der Waals surface area contributed by atoms with Gasteiger partial charge in [-0.15, -0.1) is 5.10 Å². The van der Waals surface area contributed by atoms with Crippen LogP contribution in [-0.2, 0) is 16.1 Å². The van der Waals surface area contributed by atoms with Gasteiger partial charge >= 0.3 is 0 Å². The third-order valence-corrected chi connectivity index (χ3v) is 11.3. The number of carbonyl (C=O) groups is 1. The quantitative estimate of drug-likeness (QED) is 0.584. The molecule has 4 aliphatic carbocycles. The molecule has 0 aliphatic heterocycles. The van der Waals surface area contributed by atoms with Crippen molar-refractivity contribution in [1.29, 1.82) is 0 Å². The zero-order valence-corrected chi connectivity index (χ0v) is 22.2. The van der Waals surface area contributed by atoms with Crippen molar-refractivity contribution in [3.8, 4) is 0 Å². The molecule has 0 spiro atoms. The van der Waals surface area contributed by atoms with Gasteiger partial charge in [0.25, 0.3) is 0 Å². The zero-order valence-electron chi connectivity index (χ0n) is 22.2. The minimum atomic E-state index is -0.962. The van der Waals surface area contributed by atoms with E-state index in [1.165, 1.54) is 4.68 Å². The van der Waals surface area contributed by atoms with Gasteiger partial charge in [0, 0.05) is 25.2 Å². The Morgan fingerprint density at radius 2 is 1.86 bits per heavy atom. The van der Waals surface area contributed by atoms with Crippen LogP contribution >= 0.6 is 0 Å². The highest BCUT2D eigenvalue weighted by atomic mass is 19.2. The van der Waals surface area contributed by atoms with Gasteiger partial charge in [0.15, 0.2) is 17.4 Å². The smallest absolute Gasteiger partial charge is 0.161 e. The first-order valence-electron chi connectivity index (χ1n) is 14.0. The number of aliphatic hydroxyl groups is 1. The van der Waals surface area contributed by atoms with Gasteiger partial charge in [0.05, 0.1) is 17.7 Å². The molecule has 6 nitrogen and oxygen atoms in total. The minimum Gasteiger partial charge on any atom is -0.390 e. The number of aromatic nitrogens is 3. The molecule has 4 aliphatic rings. The van der Waals surface area contributed by atoms with Crippen LogP contribution in [0.3, 0.4) is 0 Å². The van der Waals surface area contributed by atoms with E-state index >= 15 is 0 Å². The van der Waals surface area contributed by atoms with Gasteiger partial charge in [0.2, 0.25) is 0 Å². The lowest BCUT2D eigenvalue weighted by molar-refractivity contribution is -0.175. The number of benzene rings is 1. The van der Waals surface area contributed by atoms with Crippen molar-refractivity contribution in [2.75, 3.05) is 13.7 Å². The van der Waals surface area contributed by atoms with Crippen LogP contribution in [0.1, 0.15) is 71.6 Å². The molecule has 0 unspecified atom stereocenters. The normalized spacial score (nSPS) is 41.3. The molecule has 1 N–H and O–H groups in total. The van der Waals surface area contributed by atoms with E-state index < -0.39 is 17.2 Å². The predicted octanol–water partition coefficient (Wildman–Crippen LogP) is 5.32. The topological polar surface area (TPSA) is 77.2 Å². The summed E-state index contributed by atoms with van der Waals surface area (Å²) in [5, 5.41) is 18.8. The lowest BCUT2D eigenvalue weighted by atomic mass is 9.43. The molecular formula is C29H39F2N3O3. The Morgan fingerprint density at radius 3 is 2.65 bits per heavy atom. The molecule has 0 saturated heterocycles. The van der Waals surface area contributed by atoms with Crippen LogP contribution in [0.5, 0.6) is 0 Å². The van der Waals surface area contributed by atoms with Crippen LogP contribution in [0, 0.1) is 52.1 Å². The van der Waals surface area contributed by atoms with Crippen LogP contribution in [0.4, 0.5) is 8.78 Å². The van der Waals surface area contributed by atoms with E-state index in [0.717, 1.165) is 76.5 Å². The zero-order chi connectivity index (χ0) is 26.2. The highest BCUT2D eigenvalue weighted by Crippen LogP contribution is 2.68. The van der Waals surface area contributed by atoms with Gasteiger partial charge < -0.3 is 9.84 Å². The van der Waals surface area contributed by atoms with E-state index in [1.807, 2.05) is 14.0 Å². The van der Waals surface area contributed by atoms with Gasteiger partial charge in [-0.2, -0.15) is 0 Å². The predicted molar refractivity (Wildman–Crippen MR) is 134 cm³/mol. The molecule has 8 heteroatoms. The number of hydrogen-bond donors (Lipinski definition) is 1. The Kier molecular flexibility index (Phi) is 6.03. The number of ether oxygens (including phenoxy) is 1. The number of fused-ring (bicyclic) bond motifs is 6. The summed E-state index contributed by atoms with van der Waals surface area (Å²) in [6.07, 6.45) is 9.03. The van der Waals surface area contributed by atoms with E-state index in [-0.39, 0.29) is 34.6 Å². The Morgan fingerprint density at radius 1 is 1.08 bits per heavy atom. The van der Waals surface area contributed by atoms with Crippen LogP contribution in [0.15, 0.2) is 12.1 Å². The molecule has 1 aromatic carbocycles. The second-order valence-corrected chi connectivity index (χ2v) is 13.2. The second-order valence-electron chi connectivity index (χ2n) is 13.2. The summed E-state index contributed by atoms with van der Waals surface area (Å²) < 4.78 is 34.8. The Balaban J connectivity index is 1.24. The molecule has 1 aromatic heterocycles. The van der Waals surface area contributed by atoms with E-state index in [1.54, 1.807) is 0 Å². The van der Waals surface area contributed by atoms with Crippen molar-refractivity contribution in [2.24, 2.45) is 40.4 Å². The van der Waals surface area contributed by atoms with Crippen LogP contribution < -0.4 is 0 Å². The van der Waals surface area contributed by atoms with Crippen molar-refractivity contribution in [2.45, 2.75) is 83.8 Å². The monoisotopic (exact) mass is 515 g/mol. The van der Waals surface area contributed by atoms with E-state index in [0.29, 0.717) is 29.2 Å². The molecular weight excluding hydrogens is 476 g/mol. The summed E-state index contributed by atoms with van der Waals surface area (Å²) in [6.45, 7) is 5.10. The highest BCUT2D eigenvalue weighted by Gasteiger charge is 2.63. The van der Waals surface area contributed by atoms with Gasteiger partial charge in [-0.3, -0.25) is 4.79 Å². The minimum absolute atomic E-state index is 0.0351. The molecule has 6 rings (SSSR count). The molecule has 202 valence electrons. The van der Waals surface area contributed by atoms with Crippen molar-refractivity contribution < 1.29 is 23.4 Å². The number of ketones is 1. The van der Waals surface area contributed by atoms with Crippen molar-refractivity contribution in [3.05, 3.63) is 23.8 Å². The number of carbonyl (C=O) groups excluding carboxylic acids is 1. The van der Waals surface area contributed by atoms with Crippen molar-refractivity contribution in [3.63, 3.8) is 0 Å². The fourth-order valence-corrected chi connectivity index (χ4v) is 9.65. The molecule has 8 atom stereocenters. The van der Waals surface area contributed by atoms with Crippen LogP contribution in [-0.4, -0.2) is 45.2 Å². The summed E-state index contributed by atoms with van der Waals surface area (Å²) in [4.78, 5) is 13.7. The fourth-order valence-electron chi connectivity index (χ4n) is 9.65. The molecule has 1 heterocycles. The summed E-state index contributed by atoms with van der Waals surface area (Å²) in [5.41, 5.74) is 0.0940. The lowest BCUT2D eigenvalue weighted by Gasteiger charge is -2.62. The molecule has 37 heavy (non-hydrogen) atoms. The molecule has 2 aromatic rings. The average Bonchev–Trinajstić information content (AvgIpc) is 3.39. The number of halogens is 2. The maximum atomic E-state index is 13.9. The summed E-state index contributed by atoms with van der Waals surface area (Å²) >= 11 is 0. The number of nitrogens with zero attached hydrogens (tertiary/aromatic N) is 3. The first kappa shape index (κ1) is 25.4. The maximum absolute atomic E-state index is 13.9. The molecule has 0 amide bonds. The van der Waals surface area contributed by atoms with E-state index in [2.05, 4.69) is 17.2 Å². The lowest BCUT2D eigenvalue weighted by Crippen LogP contribution is -2.58. The van der Waals surface area contributed by atoms with Crippen molar-refractivity contribution in [1.82, 2.24) is 15.0 Å². The first-order chi connectivity index (χ1) is 17.6. The first-order valence-corrected chi connectivity index (χ1v) is 14.0. The summed E-state index contributed by atoms with van der Waals surface area (Å²) in [7, 11) is 1.81. The number of methoxy groups -OCH3 is 1. The molecule has 0 bridgehead atoms. The highest BCUT2D eigenvalue weighted by molar-refractivity contribution is 5.84. The van der Waals surface area contributed by atoms with Gasteiger partial charge in [-0.05, 0) is 99.2 Å². The van der Waals surface area contributed by atoms with Gasteiger partial charge in [-0.1, -0.05) is 12.1 Å². The largest absolute Gasteiger partial charge is 0.390 e. The number of rotatable bonds is 5. The summed E-state index contributed by atoms with van der Waals surface area (Å²) in [6, 6.07) is 2.11. The summed E-state index contributed by atoms with van der Waals surface area (Å²) in [5.74, 6) is 0.278. The van der Waals surface area contributed by atoms with Crippen molar-refractivity contribution >= 4 is 16.8 Å². The SMILES string of the molecule is COC[C@]12CC[C@@](C)(O)C[C@@H]1CC[C@H]1[C@@H]3CC[C@H](C(=O)Cn4nnc5cc(F)c(F)cc54)[C@@]3(C)CC[C@@H]12. The maximum Gasteiger partial charge on any atom is 0.161 e. The van der Waals surface area contributed by atoms with Gasteiger partial charge in [-0.25, -0.2) is 13.5 Å². The molecule has 4 saturated carbocycles. The fraction of sp³-hybridized carbons (Fsp3) is 0.759. The van der Waals surface area contributed by atoms with E-state index in [4.69, 9.17) is 4.74 Å². The Hall–Kier alpha value is -1.93. The molecule has 0 radical (unpaired) electrons. The van der Waals surface area contributed by atoms with E-state index in [9.17, 15) is 18.7 Å². The standard InChI is InChI=1S/C29H39F2N3O3/c1-27(36)10-11-29(16-37-3)17(14-27)4-5-18-19-6-7-21(28(19,2)9-8-20(18)29)26(35)15-34-25-13-23(31)22(30)12-24(25)32-33-34/h12-13,17-21,36H,4-11,14-16H2,1-3H3/t17-,18-,19-,20-,21+,27+,28-,29+/m0/s1. The van der Waals surface area contributed by atoms with Crippen LogP contribution in [0.2, 0.25) is 0 Å². The van der Waals surface area contributed by atoms with Crippen LogP contribution in [0.25, 0.3) is 11.0 Å². The number of hydrogen-bond acceptors (Lipinski definition) is 5. The third kappa shape index (κ3) is 3.88. The van der Waals surface area contributed by atoms with Gasteiger partial charge in [0.1, 0.15) is 12.1 Å².